The van der Waals surface area contributed by atoms with Crippen molar-refractivity contribution in [2.45, 2.75) is 45.6 Å². The maximum absolute atomic E-state index is 12.8. The Morgan fingerprint density at radius 1 is 1.30 bits per heavy atom. The van der Waals surface area contributed by atoms with Gasteiger partial charge in [0, 0.05) is 12.1 Å². The number of carbonyl (C=O) groups excluding carboxylic acids is 1. The van der Waals surface area contributed by atoms with Crippen LogP contribution in [0.15, 0.2) is 18.2 Å². The highest BCUT2D eigenvalue weighted by molar-refractivity contribution is 6.00. The van der Waals surface area contributed by atoms with Gasteiger partial charge in [-0.05, 0) is 44.2 Å². The lowest BCUT2D eigenvalue weighted by atomic mass is 9.91. The predicted octanol–water partition coefficient (Wildman–Crippen LogP) is 2.77. The van der Waals surface area contributed by atoms with E-state index in [0.717, 1.165) is 17.5 Å². The third-order valence-corrected chi connectivity index (χ3v) is 4.41. The van der Waals surface area contributed by atoms with Crippen LogP contribution in [0.5, 0.6) is 0 Å². The fourth-order valence-electron chi connectivity index (χ4n) is 3.20. The second-order valence-electron chi connectivity index (χ2n) is 5.52. The first kappa shape index (κ1) is 14.6. The SMILES string of the molecule is CCC1(C(=O)O)CCCN1C(=O)c1c(C)cccc1C. The van der Waals surface area contributed by atoms with Crippen molar-refractivity contribution in [2.75, 3.05) is 6.54 Å². The Labute approximate surface area is 119 Å². The molecule has 1 heterocycles. The summed E-state index contributed by atoms with van der Waals surface area (Å²) in [4.78, 5) is 26.1. The van der Waals surface area contributed by atoms with Crippen LogP contribution in [0.25, 0.3) is 0 Å². The molecule has 1 aromatic carbocycles. The molecule has 20 heavy (non-hydrogen) atoms. The molecule has 1 aromatic rings. The number of carboxylic acids is 1. The van der Waals surface area contributed by atoms with E-state index in [2.05, 4.69) is 0 Å². The van der Waals surface area contributed by atoms with Gasteiger partial charge in [-0.15, -0.1) is 0 Å². The van der Waals surface area contributed by atoms with E-state index in [-0.39, 0.29) is 5.91 Å². The van der Waals surface area contributed by atoms with Gasteiger partial charge in [-0.25, -0.2) is 4.79 Å². The van der Waals surface area contributed by atoms with Gasteiger partial charge < -0.3 is 10.0 Å². The standard InChI is InChI=1S/C16H21NO3/c1-4-16(15(19)20)9-6-10-17(16)14(18)13-11(2)7-5-8-12(13)3/h5,7-8H,4,6,9-10H2,1-3H3,(H,19,20). The summed E-state index contributed by atoms with van der Waals surface area (Å²) < 4.78 is 0. The number of aliphatic carboxylic acids is 1. The van der Waals surface area contributed by atoms with Gasteiger partial charge in [0.2, 0.25) is 0 Å². The lowest BCUT2D eigenvalue weighted by Gasteiger charge is -2.34. The molecule has 4 heteroatoms. The van der Waals surface area contributed by atoms with Crippen molar-refractivity contribution in [3.63, 3.8) is 0 Å². The molecule has 0 radical (unpaired) electrons. The molecule has 1 aliphatic rings. The molecule has 1 amide bonds. The normalized spacial score (nSPS) is 22.1. The van der Waals surface area contributed by atoms with Crippen molar-refractivity contribution in [1.82, 2.24) is 4.90 Å². The number of hydrogen-bond acceptors (Lipinski definition) is 2. The molecule has 0 bridgehead atoms. The summed E-state index contributed by atoms with van der Waals surface area (Å²) in [5, 5.41) is 9.57. The largest absolute Gasteiger partial charge is 0.479 e. The molecule has 1 saturated heterocycles. The van der Waals surface area contributed by atoms with E-state index in [1.165, 1.54) is 0 Å². The molecule has 1 aliphatic heterocycles. The van der Waals surface area contributed by atoms with E-state index >= 15 is 0 Å². The molecule has 1 unspecified atom stereocenters. The number of rotatable bonds is 3. The summed E-state index contributed by atoms with van der Waals surface area (Å²) in [7, 11) is 0. The van der Waals surface area contributed by atoms with E-state index in [0.29, 0.717) is 24.9 Å². The highest BCUT2D eigenvalue weighted by Crippen LogP contribution is 2.34. The third kappa shape index (κ3) is 2.09. The minimum atomic E-state index is -1.04. The van der Waals surface area contributed by atoms with Crippen LogP contribution >= 0.6 is 0 Å². The van der Waals surface area contributed by atoms with Crippen LogP contribution in [-0.2, 0) is 4.79 Å². The highest BCUT2D eigenvalue weighted by atomic mass is 16.4. The van der Waals surface area contributed by atoms with Gasteiger partial charge in [0.15, 0.2) is 0 Å². The van der Waals surface area contributed by atoms with Gasteiger partial charge in [0.25, 0.3) is 5.91 Å². The molecule has 108 valence electrons. The zero-order chi connectivity index (χ0) is 14.9. The fourth-order valence-corrected chi connectivity index (χ4v) is 3.20. The van der Waals surface area contributed by atoms with E-state index in [4.69, 9.17) is 0 Å². The first-order valence-corrected chi connectivity index (χ1v) is 7.05. The summed E-state index contributed by atoms with van der Waals surface area (Å²) in [5.41, 5.74) is 1.41. The Bertz CT molecular complexity index is 532. The molecule has 1 atom stereocenters. The molecule has 1 N–H and O–H groups in total. The zero-order valence-electron chi connectivity index (χ0n) is 12.3. The predicted molar refractivity (Wildman–Crippen MR) is 76.8 cm³/mol. The van der Waals surface area contributed by atoms with Crippen molar-refractivity contribution < 1.29 is 14.7 Å². The monoisotopic (exact) mass is 275 g/mol. The molecular weight excluding hydrogens is 254 g/mol. The van der Waals surface area contributed by atoms with Crippen molar-refractivity contribution in [2.24, 2.45) is 0 Å². The minimum Gasteiger partial charge on any atom is -0.479 e. The van der Waals surface area contributed by atoms with E-state index < -0.39 is 11.5 Å². The number of nitrogens with zero attached hydrogens (tertiary/aromatic N) is 1. The lowest BCUT2D eigenvalue weighted by molar-refractivity contribution is -0.148. The van der Waals surface area contributed by atoms with Crippen LogP contribution in [0.1, 0.15) is 47.7 Å². The Balaban J connectivity index is 2.45. The van der Waals surface area contributed by atoms with Crippen LogP contribution in [0.2, 0.25) is 0 Å². The number of carbonyl (C=O) groups is 2. The van der Waals surface area contributed by atoms with Crippen molar-refractivity contribution >= 4 is 11.9 Å². The smallest absolute Gasteiger partial charge is 0.329 e. The summed E-state index contributed by atoms with van der Waals surface area (Å²) >= 11 is 0. The van der Waals surface area contributed by atoms with Crippen LogP contribution in [0, 0.1) is 13.8 Å². The van der Waals surface area contributed by atoms with Gasteiger partial charge in [-0.2, -0.15) is 0 Å². The number of aryl methyl sites for hydroxylation is 2. The zero-order valence-corrected chi connectivity index (χ0v) is 12.3. The van der Waals surface area contributed by atoms with Crippen molar-refractivity contribution in [3.05, 3.63) is 34.9 Å². The Morgan fingerprint density at radius 3 is 2.40 bits per heavy atom. The molecule has 0 saturated carbocycles. The van der Waals surface area contributed by atoms with Gasteiger partial charge >= 0.3 is 5.97 Å². The molecule has 0 aromatic heterocycles. The van der Waals surface area contributed by atoms with E-state index in [1.807, 2.05) is 39.0 Å². The number of hydrogen-bond donors (Lipinski definition) is 1. The number of benzene rings is 1. The third-order valence-electron chi connectivity index (χ3n) is 4.41. The molecular formula is C16H21NO3. The van der Waals surface area contributed by atoms with Crippen LogP contribution < -0.4 is 0 Å². The number of amides is 1. The number of likely N-dealkylation sites (tertiary alicyclic amines) is 1. The van der Waals surface area contributed by atoms with Gasteiger partial charge in [-0.1, -0.05) is 25.1 Å². The van der Waals surface area contributed by atoms with Crippen LogP contribution in [-0.4, -0.2) is 34.0 Å². The lowest BCUT2D eigenvalue weighted by Crippen LogP contribution is -2.52. The summed E-state index contributed by atoms with van der Waals surface area (Å²) in [6.45, 7) is 6.15. The molecule has 0 aliphatic carbocycles. The van der Waals surface area contributed by atoms with Crippen molar-refractivity contribution in [3.8, 4) is 0 Å². The number of carboxylic acid groups (broad SMARTS) is 1. The average molecular weight is 275 g/mol. The Morgan fingerprint density at radius 2 is 1.90 bits per heavy atom. The van der Waals surface area contributed by atoms with Gasteiger partial charge in [0.1, 0.15) is 5.54 Å². The van der Waals surface area contributed by atoms with Crippen molar-refractivity contribution in [1.29, 1.82) is 0 Å². The van der Waals surface area contributed by atoms with Gasteiger partial charge in [0.05, 0.1) is 0 Å². The maximum Gasteiger partial charge on any atom is 0.329 e. The maximum atomic E-state index is 12.8. The Hall–Kier alpha value is -1.84. The topological polar surface area (TPSA) is 57.6 Å². The highest BCUT2D eigenvalue weighted by Gasteiger charge is 2.48. The molecule has 1 fully saturated rings. The molecule has 0 spiro atoms. The average Bonchev–Trinajstić information content (AvgIpc) is 2.83. The Kier molecular flexibility index (Phi) is 3.84. The second-order valence-corrected chi connectivity index (χ2v) is 5.52. The second kappa shape index (κ2) is 5.27. The summed E-state index contributed by atoms with van der Waals surface area (Å²) in [5.74, 6) is -1.04. The van der Waals surface area contributed by atoms with Gasteiger partial charge in [-0.3, -0.25) is 4.79 Å². The quantitative estimate of drug-likeness (QED) is 0.922. The first-order chi connectivity index (χ1) is 9.44. The minimum absolute atomic E-state index is 0.151. The first-order valence-electron chi connectivity index (χ1n) is 7.05. The van der Waals surface area contributed by atoms with E-state index in [9.17, 15) is 14.7 Å². The van der Waals surface area contributed by atoms with Crippen LogP contribution in [0.3, 0.4) is 0 Å². The van der Waals surface area contributed by atoms with E-state index in [1.54, 1.807) is 4.90 Å². The fraction of sp³-hybridized carbons (Fsp3) is 0.500. The molecule has 4 nitrogen and oxygen atoms in total. The molecule has 2 rings (SSSR count). The summed E-state index contributed by atoms with van der Waals surface area (Å²) in [6.07, 6.45) is 1.73. The summed E-state index contributed by atoms with van der Waals surface area (Å²) in [6, 6.07) is 5.70. The van der Waals surface area contributed by atoms with Crippen LogP contribution in [0.4, 0.5) is 0 Å².